The van der Waals surface area contributed by atoms with E-state index in [0.29, 0.717) is 36.1 Å². The lowest BCUT2D eigenvalue weighted by Crippen LogP contribution is -2.16. The molecule has 1 aliphatic rings. The van der Waals surface area contributed by atoms with Crippen molar-refractivity contribution in [2.24, 2.45) is 0 Å². The lowest BCUT2D eigenvalue weighted by Gasteiger charge is -2.20. The molecule has 0 aromatic heterocycles. The van der Waals surface area contributed by atoms with Crippen LogP contribution in [0.15, 0.2) is 30.3 Å². The van der Waals surface area contributed by atoms with Crippen molar-refractivity contribution in [3.05, 3.63) is 46.7 Å². The number of halogens is 2. The Hall–Kier alpha value is -2.14. The van der Waals surface area contributed by atoms with Crippen molar-refractivity contribution in [2.75, 3.05) is 18.9 Å². The highest BCUT2D eigenvalue weighted by atomic mass is 35.5. The first-order valence-corrected chi connectivity index (χ1v) is 6.77. The van der Waals surface area contributed by atoms with Crippen molar-refractivity contribution >= 4 is 17.3 Å². The van der Waals surface area contributed by atoms with Gasteiger partial charge in [0.2, 0.25) is 0 Å². The van der Waals surface area contributed by atoms with E-state index in [9.17, 15) is 4.39 Å². The fraction of sp³-hybridized carbons (Fsp3) is 0.200. The Morgan fingerprint density at radius 1 is 1.14 bits per heavy atom. The Kier molecular flexibility index (Phi) is 3.75. The standard InChI is InChI=1S/C15H13ClFNO3/c16-11-6-10(17)1-2-13(11)21-8-9-5-14-15(7-12(9)18)20-4-3-19-14/h1-2,5-7H,3-4,8,18H2. The van der Waals surface area contributed by atoms with E-state index in [2.05, 4.69) is 0 Å². The molecule has 0 bridgehead atoms. The molecule has 0 atom stereocenters. The van der Waals surface area contributed by atoms with Gasteiger partial charge in [0.25, 0.3) is 0 Å². The molecule has 0 saturated heterocycles. The third kappa shape index (κ3) is 2.97. The molecule has 0 fully saturated rings. The SMILES string of the molecule is Nc1cc2c(cc1COc1ccc(F)cc1Cl)OCCO2. The number of benzene rings is 2. The molecule has 110 valence electrons. The van der Waals surface area contributed by atoms with Crippen LogP contribution in [0.25, 0.3) is 0 Å². The zero-order chi connectivity index (χ0) is 14.8. The van der Waals surface area contributed by atoms with Gasteiger partial charge in [-0.2, -0.15) is 0 Å². The van der Waals surface area contributed by atoms with Gasteiger partial charge < -0.3 is 19.9 Å². The van der Waals surface area contributed by atoms with Crippen LogP contribution in [0, 0.1) is 5.82 Å². The fourth-order valence-corrected chi connectivity index (χ4v) is 2.24. The largest absolute Gasteiger partial charge is 0.487 e. The van der Waals surface area contributed by atoms with Gasteiger partial charge >= 0.3 is 0 Å². The van der Waals surface area contributed by atoms with E-state index in [4.69, 9.17) is 31.5 Å². The molecule has 0 unspecified atom stereocenters. The van der Waals surface area contributed by atoms with Crippen LogP contribution in [0.5, 0.6) is 17.2 Å². The molecule has 0 amide bonds. The Morgan fingerprint density at radius 3 is 2.57 bits per heavy atom. The molecule has 2 N–H and O–H groups in total. The van der Waals surface area contributed by atoms with Crippen LogP contribution in [0.4, 0.5) is 10.1 Å². The average Bonchev–Trinajstić information content (AvgIpc) is 2.46. The molecule has 6 heteroatoms. The van der Waals surface area contributed by atoms with E-state index in [-0.39, 0.29) is 11.6 Å². The minimum atomic E-state index is -0.411. The number of hydrogen-bond donors (Lipinski definition) is 1. The van der Waals surface area contributed by atoms with E-state index in [1.165, 1.54) is 18.2 Å². The molecule has 1 heterocycles. The highest BCUT2D eigenvalue weighted by Gasteiger charge is 2.15. The summed E-state index contributed by atoms with van der Waals surface area (Å²) in [5.41, 5.74) is 7.25. The molecule has 2 aromatic carbocycles. The van der Waals surface area contributed by atoms with Gasteiger partial charge in [-0.1, -0.05) is 11.6 Å². The molecule has 21 heavy (non-hydrogen) atoms. The summed E-state index contributed by atoms with van der Waals surface area (Å²) in [6, 6.07) is 7.45. The smallest absolute Gasteiger partial charge is 0.163 e. The van der Waals surface area contributed by atoms with Crippen LogP contribution in [-0.2, 0) is 6.61 Å². The number of anilines is 1. The van der Waals surface area contributed by atoms with Gasteiger partial charge in [0.05, 0.1) is 5.02 Å². The lowest BCUT2D eigenvalue weighted by atomic mass is 10.1. The molecule has 0 radical (unpaired) electrons. The van der Waals surface area contributed by atoms with E-state index in [0.717, 1.165) is 5.56 Å². The Balaban J connectivity index is 1.78. The topological polar surface area (TPSA) is 53.7 Å². The Labute approximate surface area is 126 Å². The summed E-state index contributed by atoms with van der Waals surface area (Å²) >= 11 is 5.91. The van der Waals surface area contributed by atoms with E-state index >= 15 is 0 Å². The first kappa shape index (κ1) is 13.8. The van der Waals surface area contributed by atoms with Crippen molar-refractivity contribution in [3.8, 4) is 17.2 Å². The van der Waals surface area contributed by atoms with Crippen LogP contribution in [0.2, 0.25) is 5.02 Å². The van der Waals surface area contributed by atoms with E-state index in [1.807, 2.05) is 0 Å². The Morgan fingerprint density at radius 2 is 1.86 bits per heavy atom. The molecule has 3 rings (SSSR count). The van der Waals surface area contributed by atoms with Crippen LogP contribution in [-0.4, -0.2) is 13.2 Å². The summed E-state index contributed by atoms with van der Waals surface area (Å²) in [6.07, 6.45) is 0. The van der Waals surface area contributed by atoms with Gasteiger partial charge in [0, 0.05) is 17.3 Å². The normalized spacial score (nSPS) is 13.0. The number of nitrogen functional groups attached to an aromatic ring is 1. The van der Waals surface area contributed by atoms with Gasteiger partial charge in [-0.15, -0.1) is 0 Å². The maximum absolute atomic E-state index is 13.0. The molecule has 0 aliphatic carbocycles. The van der Waals surface area contributed by atoms with Gasteiger partial charge in [0.1, 0.15) is 31.4 Å². The zero-order valence-electron chi connectivity index (χ0n) is 11.1. The fourth-order valence-electron chi connectivity index (χ4n) is 2.02. The number of nitrogens with two attached hydrogens (primary N) is 1. The predicted octanol–water partition coefficient (Wildman–Crippen LogP) is 3.41. The van der Waals surface area contributed by atoms with Gasteiger partial charge in [-0.05, 0) is 24.3 Å². The van der Waals surface area contributed by atoms with Crippen LogP contribution in [0.3, 0.4) is 0 Å². The van der Waals surface area contributed by atoms with Crippen LogP contribution in [0.1, 0.15) is 5.56 Å². The highest BCUT2D eigenvalue weighted by molar-refractivity contribution is 6.32. The summed E-state index contributed by atoms with van der Waals surface area (Å²) in [5, 5.41) is 0.214. The van der Waals surface area contributed by atoms with Crippen LogP contribution < -0.4 is 19.9 Å². The molecule has 0 spiro atoms. The van der Waals surface area contributed by atoms with Crippen molar-refractivity contribution in [1.29, 1.82) is 0 Å². The number of hydrogen-bond acceptors (Lipinski definition) is 4. The first-order chi connectivity index (χ1) is 10.1. The summed E-state index contributed by atoms with van der Waals surface area (Å²) in [6.45, 7) is 1.21. The molecular formula is C15H13ClFNO3. The minimum Gasteiger partial charge on any atom is -0.487 e. The highest BCUT2D eigenvalue weighted by Crippen LogP contribution is 2.35. The van der Waals surface area contributed by atoms with E-state index < -0.39 is 5.82 Å². The van der Waals surface area contributed by atoms with Gasteiger partial charge in [0.15, 0.2) is 11.5 Å². The predicted molar refractivity (Wildman–Crippen MR) is 77.6 cm³/mol. The number of fused-ring (bicyclic) bond motifs is 1. The zero-order valence-corrected chi connectivity index (χ0v) is 11.8. The van der Waals surface area contributed by atoms with E-state index in [1.54, 1.807) is 12.1 Å². The van der Waals surface area contributed by atoms with Gasteiger partial charge in [-0.25, -0.2) is 4.39 Å². The summed E-state index contributed by atoms with van der Waals surface area (Å²) < 4.78 is 29.5. The molecule has 2 aromatic rings. The second-order valence-electron chi connectivity index (χ2n) is 4.56. The van der Waals surface area contributed by atoms with Crippen molar-refractivity contribution in [2.45, 2.75) is 6.61 Å². The Bertz CT molecular complexity index is 678. The number of ether oxygens (including phenoxy) is 3. The molecule has 0 saturated carbocycles. The summed E-state index contributed by atoms with van der Waals surface area (Å²) in [5.74, 6) is 1.25. The van der Waals surface area contributed by atoms with Crippen molar-refractivity contribution in [1.82, 2.24) is 0 Å². The second kappa shape index (κ2) is 5.69. The maximum Gasteiger partial charge on any atom is 0.163 e. The molecule has 1 aliphatic heterocycles. The molecule has 4 nitrogen and oxygen atoms in total. The number of rotatable bonds is 3. The monoisotopic (exact) mass is 309 g/mol. The second-order valence-corrected chi connectivity index (χ2v) is 4.97. The third-order valence-electron chi connectivity index (χ3n) is 3.08. The summed E-state index contributed by atoms with van der Waals surface area (Å²) in [7, 11) is 0. The molecular weight excluding hydrogens is 297 g/mol. The maximum atomic E-state index is 13.0. The van der Waals surface area contributed by atoms with Gasteiger partial charge in [-0.3, -0.25) is 0 Å². The average molecular weight is 310 g/mol. The minimum absolute atomic E-state index is 0.202. The lowest BCUT2D eigenvalue weighted by molar-refractivity contribution is 0.171. The van der Waals surface area contributed by atoms with Crippen molar-refractivity contribution < 1.29 is 18.6 Å². The first-order valence-electron chi connectivity index (χ1n) is 6.39. The summed E-state index contributed by atoms with van der Waals surface area (Å²) in [4.78, 5) is 0. The van der Waals surface area contributed by atoms with Crippen LogP contribution >= 0.6 is 11.6 Å². The third-order valence-corrected chi connectivity index (χ3v) is 3.38. The quantitative estimate of drug-likeness (QED) is 0.883. The van der Waals surface area contributed by atoms with Crippen molar-refractivity contribution in [3.63, 3.8) is 0 Å².